The molecule has 132 valence electrons. The number of aliphatic hydroxyl groups is 2. The summed E-state index contributed by atoms with van der Waals surface area (Å²) in [5.74, 6) is 2.23. The minimum absolute atomic E-state index is 0.0446. The number of nitrogens with two attached hydrogens (primary N) is 2. The predicted octanol–water partition coefficient (Wildman–Crippen LogP) is 1.14. The molecule has 1 fully saturated rings. The lowest BCUT2D eigenvalue weighted by molar-refractivity contribution is 0.0104. The third kappa shape index (κ3) is 3.28. The van der Waals surface area contributed by atoms with Crippen molar-refractivity contribution in [1.82, 2.24) is 14.5 Å². The van der Waals surface area contributed by atoms with E-state index in [1.54, 1.807) is 11.8 Å². The number of halogens is 1. The Morgan fingerprint density at radius 2 is 2.12 bits per heavy atom. The summed E-state index contributed by atoms with van der Waals surface area (Å²) in [7, 11) is 0. The highest BCUT2D eigenvalue weighted by Gasteiger charge is 2.42. The first-order chi connectivity index (χ1) is 11.5. The number of nitrogen functional groups attached to an aromatic ring is 1. The Hall–Kier alpha value is -0.870. The Balaban J connectivity index is 1.81. The summed E-state index contributed by atoms with van der Waals surface area (Å²) >= 11 is 5.26. The highest BCUT2D eigenvalue weighted by Crippen LogP contribution is 2.40. The lowest BCUT2D eigenvalue weighted by Gasteiger charge is -2.18. The molecule has 0 bridgehead atoms. The second kappa shape index (κ2) is 7.57. The molecule has 2 aromatic rings. The Labute approximate surface area is 153 Å². The second-order valence-electron chi connectivity index (χ2n) is 6.10. The third-order valence-electron chi connectivity index (χ3n) is 4.55. The van der Waals surface area contributed by atoms with Crippen LogP contribution in [0.2, 0.25) is 0 Å². The van der Waals surface area contributed by atoms with E-state index in [1.165, 1.54) is 6.33 Å². The fraction of sp³-hybridized carbons (Fsp3) is 0.600. The molecule has 1 aliphatic rings. The number of nitrogens with zero attached hydrogens (tertiary/aromatic N) is 3. The van der Waals surface area contributed by atoms with Gasteiger partial charge in [-0.2, -0.15) is 11.8 Å². The molecule has 9 heteroatoms. The van der Waals surface area contributed by atoms with Crippen LogP contribution < -0.4 is 11.5 Å². The number of anilines is 1. The molecule has 3 rings (SSSR count). The van der Waals surface area contributed by atoms with Gasteiger partial charge in [-0.3, -0.25) is 0 Å². The first-order valence-electron chi connectivity index (χ1n) is 7.95. The fourth-order valence-electron chi connectivity index (χ4n) is 3.28. The number of fused-ring (bicyclic) bond motifs is 1. The zero-order valence-electron chi connectivity index (χ0n) is 13.2. The van der Waals surface area contributed by atoms with Crippen molar-refractivity contribution in [2.45, 2.75) is 31.1 Å². The van der Waals surface area contributed by atoms with Crippen LogP contribution in [0.5, 0.6) is 0 Å². The van der Waals surface area contributed by atoms with Gasteiger partial charge in [0.2, 0.25) is 0 Å². The van der Waals surface area contributed by atoms with E-state index in [1.807, 2.05) is 10.8 Å². The summed E-state index contributed by atoms with van der Waals surface area (Å²) in [5, 5.41) is 21.7. The zero-order chi connectivity index (χ0) is 17.3. The Kier molecular flexibility index (Phi) is 5.66. The highest BCUT2D eigenvalue weighted by atomic mass is 79.9. The average molecular weight is 416 g/mol. The fourth-order valence-corrected chi connectivity index (χ4v) is 5.05. The first kappa shape index (κ1) is 17.9. The van der Waals surface area contributed by atoms with Gasteiger partial charge < -0.3 is 26.2 Å². The molecule has 6 N–H and O–H groups in total. The molecule has 0 radical (unpaired) electrons. The van der Waals surface area contributed by atoms with Crippen LogP contribution in [0.3, 0.4) is 0 Å². The lowest BCUT2D eigenvalue weighted by atomic mass is 10.1. The summed E-state index contributed by atoms with van der Waals surface area (Å²) in [6, 6.07) is -0.233. The first-order valence-corrected chi connectivity index (χ1v) is 9.89. The van der Waals surface area contributed by atoms with Gasteiger partial charge in [0.05, 0.1) is 17.5 Å². The molecule has 1 aliphatic carbocycles. The normalized spacial score (nSPS) is 27.2. The van der Waals surface area contributed by atoms with E-state index in [9.17, 15) is 10.2 Å². The van der Waals surface area contributed by atoms with E-state index in [2.05, 4.69) is 25.9 Å². The van der Waals surface area contributed by atoms with Crippen molar-refractivity contribution >= 4 is 44.5 Å². The van der Waals surface area contributed by atoms with Gasteiger partial charge in [0.1, 0.15) is 23.9 Å². The maximum Gasteiger partial charge on any atom is 0.146 e. The molecule has 0 unspecified atom stereocenters. The number of aliphatic hydroxyl groups excluding tert-OH is 2. The number of thioether (sulfide) groups is 1. The maximum atomic E-state index is 10.5. The van der Waals surface area contributed by atoms with Gasteiger partial charge in [-0.25, -0.2) is 9.97 Å². The number of rotatable bonds is 6. The molecule has 0 aliphatic heterocycles. The molecule has 1 saturated carbocycles. The van der Waals surface area contributed by atoms with Crippen LogP contribution in [0, 0.1) is 5.92 Å². The van der Waals surface area contributed by atoms with Crippen molar-refractivity contribution in [2.24, 2.45) is 11.7 Å². The minimum Gasteiger partial charge on any atom is -0.390 e. The van der Waals surface area contributed by atoms with Crippen LogP contribution >= 0.6 is 27.7 Å². The third-order valence-corrected chi connectivity index (χ3v) is 6.39. The molecule has 0 saturated heterocycles. The molecule has 4 atom stereocenters. The monoisotopic (exact) mass is 415 g/mol. The summed E-state index contributed by atoms with van der Waals surface area (Å²) in [6.45, 7) is 0.677. The molecular weight excluding hydrogens is 394 g/mol. The van der Waals surface area contributed by atoms with Crippen molar-refractivity contribution < 1.29 is 10.2 Å². The van der Waals surface area contributed by atoms with E-state index in [4.69, 9.17) is 11.5 Å². The summed E-state index contributed by atoms with van der Waals surface area (Å²) in [5.41, 5.74) is 12.1. The topological polar surface area (TPSA) is 123 Å². The molecule has 0 aromatic carbocycles. The van der Waals surface area contributed by atoms with E-state index in [0.29, 0.717) is 24.4 Å². The summed E-state index contributed by atoms with van der Waals surface area (Å²) in [4.78, 5) is 8.32. The standard InChI is InChI=1S/C15H22BrN5O2S/c16-9-5-21(15-11(9)14(18)19-7-20-15)10-4-8(12(22)13(10)23)6-24-3-1-2-17/h5,7-8,10,12-13,22-23H,1-4,6,17H2,(H2,18,19,20)/t8-,10-,12-,13+/m1/s1. The average Bonchev–Trinajstić information content (AvgIpc) is 3.04. The van der Waals surface area contributed by atoms with Crippen molar-refractivity contribution in [1.29, 1.82) is 0 Å². The number of hydrogen-bond acceptors (Lipinski definition) is 7. The van der Waals surface area contributed by atoms with Crippen LogP contribution in [0.15, 0.2) is 17.0 Å². The van der Waals surface area contributed by atoms with Gasteiger partial charge in [-0.1, -0.05) is 0 Å². The number of hydrogen-bond donors (Lipinski definition) is 4. The van der Waals surface area contributed by atoms with Crippen LogP contribution in [0.4, 0.5) is 5.82 Å². The molecule has 24 heavy (non-hydrogen) atoms. The Morgan fingerprint density at radius 3 is 2.88 bits per heavy atom. The molecule has 2 aromatic heterocycles. The smallest absolute Gasteiger partial charge is 0.146 e. The van der Waals surface area contributed by atoms with Crippen LogP contribution in [-0.2, 0) is 0 Å². The van der Waals surface area contributed by atoms with Gasteiger partial charge in [-0.15, -0.1) is 0 Å². The molecular formula is C15H22BrN5O2S. The predicted molar refractivity (Wildman–Crippen MR) is 99.8 cm³/mol. The van der Waals surface area contributed by atoms with Crippen molar-refractivity contribution in [2.75, 3.05) is 23.8 Å². The lowest BCUT2D eigenvalue weighted by Crippen LogP contribution is -2.30. The van der Waals surface area contributed by atoms with E-state index >= 15 is 0 Å². The molecule has 0 spiro atoms. The summed E-state index contributed by atoms with van der Waals surface area (Å²) in [6.07, 6.45) is 3.36. The maximum absolute atomic E-state index is 10.5. The Morgan fingerprint density at radius 1 is 1.33 bits per heavy atom. The number of aromatic nitrogens is 3. The molecule has 7 nitrogen and oxygen atoms in total. The largest absolute Gasteiger partial charge is 0.390 e. The Bertz CT molecular complexity index is 712. The van der Waals surface area contributed by atoms with Crippen molar-refractivity contribution in [3.63, 3.8) is 0 Å². The summed E-state index contributed by atoms with van der Waals surface area (Å²) < 4.78 is 2.69. The minimum atomic E-state index is -0.830. The van der Waals surface area contributed by atoms with Crippen molar-refractivity contribution in [3.8, 4) is 0 Å². The molecule has 2 heterocycles. The van der Waals surface area contributed by atoms with Crippen LogP contribution in [0.1, 0.15) is 18.9 Å². The van der Waals surface area contributed by atoms with Crippen LogP contribution in [-0.4, -0.2) is 55.0 Å². The van der Waals surface area contributed by atoms with Gasteiger partial charge in [-0.05, 0) is 52.7 Å². The zero-order valence-corrected chi connectivity index (χ0v) is 15.6. The van der Waals surface area contributed by atoms with E-state index < -0.39 is 12.2 Å². The quantitative estimate of drug-likeness (QED) is 0.521. The van der Waals surface area contributed by atoms with E-state index in [-0.39, 0.29) is 12.0 Å². The second-order valence-corrected chi connectivity index (χ2v) is 8.11. The van der Waals surface area contributed by atoms with Crippen molar-refractivity contribution in [3.05, 3.63) is 17.0 Å². The van der Waals surface area contributed by atoms with Gasteiger partial charge >= 0.3 is 0 Å². The SMILES string of the molecule is NCCCSC[C@H]1C[C@@H](n2cc(Br)c3c(N)ncnc32)[C@H](O)[C@@H]1O. The molecule has 0 amide bonds. The van der Waals surface area contributed by atoms with E-state index in [0.717, 1.165) is 27.8 Å². The highest BCUT2D eigenvalue weighted by molar-refractivity contribution is 9.10. The van der Waals surface area contributed by atoms with Gasteiger partial charge in [0, 0.05) is 10.7 Å². The van der Waals surface area contributed by atoms with Crippen LogP contribution in [0.25, 0.3) is 11.0 Å². The van der Waals surface area contributed by atoms with Gasteiger partial charge in [0.25, 0.3) is 0 Å². The van der Waals surface area contributed by atoms with Gasteiger partial charge in [0.15, 0.2) is 0 Å².